The summed E-state index contributed by atoms with van der Waals surface area (Å²) in [5.41, 5.74) is 0. The van der Waals surface area contributed by atoms with E-state index in [1.165, 1.54) is 5.39 Å². The summed E-state index contributed by atoms with van der Waals surface area (Å²) < 4.78 is 0.892. The molecule has 1 aromatic carbocycles. The lowest BCUT2D eigenvalue weighted by Gasteiger charge is -2.10. The maximum Gasteiger partial charge on any atom is 0.128 e. The van der Waals surface area contributed by atoms with E-state index in [0.717, 1.165) is 15.8 Å². The standard InChI is InChI=1S/C12H13BrN2/c1-8(2)14-11-7-9-5-3-4-6-10(9)12(13)15-11/h3-8H,1-2H3,(H,14,15). The monoisotopic (exact) mass is 264 g/mol. The number of pyridine rings is 1. The fourth-order valence-electron chi connectivity index (χ4n) is 1.53. The Balaban J connectivity index is 2.52. The van der Waals surface area contributed by atoms with Crippen molar-refractivity contribution in [2.75, 3.05) is 5.32 Å². The number of benzene rings is 1. The van der Waals surface area contributed by atoms with Gasteiger partial charge in [-0.1, -0.05) is 24.3 Å². The van der Waals surface area contributed by atoms with Gasteiger partial charge in [0.1, 0.15) is 10.4 Å². The molecule has 1 aromatic heterocycles. The van der Waals surface area contributed by atoms with Gasteiger partial charge in [-0.25, -0.2) is 4.98 Å². The average Bonchev–Trinajstić information content (AvgIpc) is 2.16. The normalized spacial score (nSPS) is 10.9. The second-order valence-corrected chi connectivity index (χ2v) is 4.57. The molecule has 0 unspecified atom stereocenters. The van der Waals surface area contributed by atoms with Crippen molar-refractivity contribution in [3.05, 3.63) is 34.9 Å². The van der Waals surface area contributed by atoms with E-state index in [4.69, 9.17) is 0 Å². The summed E-state index contributed by atoms with van der Waals surface area (Å²) in [5.74, 6) is 0.913. The van der Waals surface area contributed by atoms with Crippen LogP contribution in [0.2, 0.25) is 0 Å². The number of nitrogens with one attached hydrogen (secondary N) is 1. The van der Waals surface area contributed by atoms with Crippen LogP contribution < -0.4 is 5.32 Å². The summed E-state index contributed by atoms with van der Waals surface area (Å²) in [4.78, 5) is 4.45. The molecule has 78 valence electrons. The van der Waals surface area contributed by atoms with Crippen molar-refractivity contribution in [1.29, 1.82) is 0 Å². The van der Waals surface area contributed by atoms with Gasteiger partial charge in [0.05, 0.1) is 0 Å². The first kappa shape index (κ1) is 10.4. The summed E-state index contributed by atoms with van der Waals surface area (Å²) in [6, 6.07) is 10.7. The number of nitrogens with zero attached hydrogens (tertiary/aromatic N) is 1. The molecule has 2 aromatic rings. The minimum Gasteiger partial charge on any atom is -0.368 e. The Morgan fingerprint density at radius 1 is 1.27 bits per heavy atom. The van der Waals surface area contributed by atoms with Crippen LogP contribution in [0.5, 0.6) is 0 Å². The van der Waals surface area contributed by atoms with Gasteiger partial charge >= 0.3 is 0 Å². The summed E-state index contributed by atoms with van der Waals surface area (Å²) in [7, 11) is 0. The molecule has 1 N–H and O–H groups in total. The quantitative estimate of drug-likeness (QED) is 0.835. The lowest BCUT2D eigenvalue weighted by Crippen LogP contribution is -2.10. The van der Waals surface area contributed by atoms with Crippen molar-refractivity contribution >= 4 is 32.5 Å². The molecule has 15 heavy (non-hydrogen) atoms. The Morgan fingerprint density at radius 2 is 2.00 bits per heavy atom. The molecule has 0 aliphatic carbocycles. The summed E-state index contributed by atoms with van der Waals surface area (Å²) in [5, 5.41) is 5.64. The molecule has 0 saturated heterocycles. The van der Waals surface area contributed by atoms with Crippen molar-refractivity contribution < 1.29 is 0 Å². The zero-order valence-corrected chi connectivity index (χ0v) is 10.4. The van der Waals surface area contributed by atoms with Crippen LogP contribution in [0.25, 0.3) is 10.8 Å². The Morgan fingerprint density at radius 3 is 2.73 bits per heavy atom. The number of hydrogen-bond acceptors (Lipinski definition) is 2. The van der Waals surface area contributed by atoms with Gasteiger partial charge in [-0.05, 0) is 41.2 Å². The maximum absolute atomic E-state index is 4.45. The number of anilines is 1. The van der Waals surface area contributed by atoms with Gasteiger partial charge in [-0.3, -0.25) is 0 Å². The first-order valence-electron chi connectivity index (χ1n) is 4.98. The molecule has 0 atom stereocenters. The van der Waals surface area contributed by atoms with Crippen molar-refractivity contribution in [3.63, 3.8) is 0 Å². The molecule has 3 heteroatoms. The first-order chi connectivity index (χ1) is 7.16. The molecule has 0 bridgehead atoms. The number of fused-ring (bicyclic) bond motifs is 1. The van der Waals surface area contributed by atoms with Gasteiger partial charge in [-0.2, -0.15) is 0 Å². The summed E-state index contributed by atoms with van der Waals surface area (Å²) in [6.07, 6.45) is 0. The molecule has 0 spiro atoms. The van der Waals surface area contributed by atoms with E-state index >= 15 is 0 Å². The van der Waals surface area contributed by atoms with Gasteiger partial charge in [0, 0.05) is 11.4 Å². The van der Waals surface area contributed by atoms with Crippen LogP contribution in [0.15, 0.2) is 34.9 Å². The average molecular weight is 265 g/mol. The molecular weight excluding hydrogens is 252 g/mol. The van der Waals surface area contributed by atoms with E-state index < -0.39 is 0 Å². The predicted molar refractivity (Wildman–Crippen MR) is 68.2 cm³/mol. The summed E-state index contributed by atoms with van der Waals surface area (Å²) in [6.45, 7) is 4.20. The number of rotatable bonds is 2. The Hall–Kier alpha value is -1.09. The summed E-state index contributed by atoms with van der Waals surface area (Å²) >= 11 is 3.49. The maximum atomic E-state index is 4.45. The number of hydrogen-bond donors (Lipinski definition) is 1. The first-order valence-corrected chi connectivity index (χ1v) is 5.78. The van der Waals surface area contributed by atoms with Crippen molar-refractivity contribution in [3.8, 4) is 0 Å². The number of aromatic nitrogens is 1. The largest absolute Gasteiger partial charge is 0.368 e. The third-order valence-electron chi connectivity index (χ3n) is 2.13. The van der Waals surface area contributed by atoms with E-state index in [1.807, 2.05) is 12.1 Å². The van der Waals surface area contributed by atoms with Crippen LogP contribution in [0, 0.1) is 0 Å². The van der Waals surface area contributed by atoms with Gasteiger partial charge in [0.25, 0.3) is 0 Å². The van der Waals surface area contributed by atoms with E-state index in [1.54, 1.807) is 0 Å². The molecule has 0 amide bonds. The Kier molecular flexibility index (Phi) is 2.91. The van der Waals surface area contributed by atoms with Crippen LogP contribution in [0.3, 0.4) is 0 Å². The van der Waals surface area contributed by atoms with E-state index in [-0.39, 0.29) is 0 Å². The van der Waals surface area contributed by atoms with Crippen LogP contribution in [-0.2, 0) is 0 Å². The zero-order chi connectivity index (χ0) is 10.8. The smallest absolute Gasteiger partial charge is 0.128 e. The SMILES string of the molecule is CC(C)Nc1cc2ccccc2c(Br)n1. The van der Waals surface area contributed by atoms with Gasteiger partial charge < -0.3 is 5.32 Å². The van der Waals surface area contributed by atoms with E-state index in [0.29, 0.717) is 6.04 Å². The van der Waals surface area contributed by atoms with Crippen LogP contribution in [-0.4, -0.2) is 11.0 Å². The molecule has 0 aliphatic rings. The number of halogens is 1. The molecule has 2 nitrogen and oxygen atoms in total. The second-order valence-electron chi connectivity index (χ2n) is 3.82. The van der Waals surface area contributed by atoms with Crippen LogP contribution in [0.1, 0.15) is 13.8 Å². The van der Waals surface area contributed by atoms with Crippen molar-refractivity contribution in [2.45, 2.75) is 19.9 Å². The minimum absolute atomic E-state index is 0.394. The molecule has 0 saturated carbocycles. The Labute approximate surface area is 97.8 Å². The molecule has 0 aliphatic heterocycles. The molecule has 0 radical (unpaired) electrons. The van der Waals surface area contributed by atoms with Crippen LogP contribution >= 0.6 is 15.9 Å². The lowest BCUT2D eigenvalue weighted by molar-refractivity contribution is 0.889. The van der Waals surface area contributed by atoms with Gasteiger partial charge in [0.15, 0.2) is 0 Å². The van der Waals surface area contributed by atoms with E-state index in [2.05, 4.69) is 58.3 Å². The molecule has 0 fully saturated rings. The van der Waals surface area contributed by atoms with E-state index in [9.17, 15) is 0 Å². The molecular formula is C12H13BrN2. The van der Waals surface area contributed by atoms with Crippen LogP contribution in [0.4, 0.5) is 5.82 Å². The predicted octanol–water partition coefficient (Wildman–Crippen LogP) is 3.82. The van der Waals surface area contributed by atoms with Crippen molar-refractivity contribution in [1.82, 2.24) is 4.98 Å². The third kappa shape index (κ3) is 2.29. The highest BCUT2D eigenvalue weighted by molar-refractivity contribution is 9.10. The van der Waals surface area contributed by atoms with Gasteiger partial charge in [-0.15, -0.1) is 0 Å². The zero-order valence-electron chi connectivity index (χ0n) is 8.79. The fourth-order valence-corrected chi connectivity index (χ4v) is 2.08. The Bertz CT molecular complexity index is 480. The van der Waals surface area contributed by atoms with Crippen molar-refractivity contribution in [2.24, 2.45) is 0 Å². The third-order valence-corrected chi connectivity index (χ3v) is 2.73. The highest BCUT2D eigenvalue weighted by Gasteiger charge is 2.03. The highest BCUT2D eigenvalue weighted by atomic mass is 79.9. The lowest BCUT2D eigenvalue weighted by atomic mass is 10.2. The molecule has 1 heterocycles. The minimum atomic E-state index is 0.394. The topological polar surface area (TPSA) is 24.9 Å². The highest BCUT2D eigenvalue weighted by Crippen LogP contribution is 2.24. The molecule has 2 rings (SSSR count). The second kappa shape index (κ2) is 4.19. The van der Waals surface area contributed by atoms with Gasteiger partial charge in [0.2, 0.25) is 0 Å². The fraction of sp³-hybridized carbons (Fsp3) is 0.250.